The molecule has 0 fully saturated rings. The lowest BCUT2D eigenvalue weighted by Gasteiger charge is -2.22. The number of carbonyl (C=O) groups excluding carboxylic acids is 1. The summed E-state index contributed by atoms with van der Waals surface area (Å²) in [6.07, 6.45) is -18.6. The summed E-state index contributed by atoms with van der Waals surface area (Å²) in [5.41, 5.74) is 0. The minimum Gasteiger partial charge on any atom is -0.385 e. The second kappa shape index (κ2) is 12.6. The minimum atomic E-state index is -4.47. The monoisotopic (exact) mass is 426 g/mol. The van der Waals surface area contributed by atoms with Crippen molar-refractivity contribution in [1.82, 2.24) is 0 Å². The third-order valence-electron chi connectivity index (χ3n) is 3.90. The maximum atomic E-state index is 12.5. The Morgan fingerprint density at radius 3 is 1.32 bits per heavy atom. The molecule has 0 amide bonds. The van der Waals surface area contributed by atoms with Gasteiger partial charge in [-0.2, -0.15) is 26.3 Å². The van der Waals surface area contributed by atoms with Crippen LogP contribution < -0.4 is 0 Å². The van der Waals surface area contributed by atoms with Crippen LogP contribution in [0, 0.1) is 0 Å². The zero-order chi connectivity index (χ0) is 22.0. The molecule has 168 valence electrons. The van der Waals surface area contributed by atoms with Crippen LogP contribution in [0.15, 0.2) is 0 Å². The van der Waals surface area contributed by atoms with Gasteiger partial charge in [-0.05, 0) is 39.5 Å². The zero-order valence-electron chi connectivity index (χ0n) is 15.9. The summed E-state index contributed by atoms with van der Waals surface area (Å²) in [6, 6.07) is 0. The summed E-state index contributed by atoms with van der Waals surface area (Å²) < 4.78 is 84.6. The average molecular weight is 426 g/mol. The Labute approximate surface area is 160 Å². The van der Waals surface area contributed by atoms with Gasteiger partial charge in [-0.25, -0.2) is 0 Å². The first kappa shape index (κ1) is 27.1. The van der Waals surface area contributed by atoms with Crippen LogP contribution in [0.3, 0.4) is 0 Å². The number of Topliss-reactive ketones (excluding diaryl/α,β-unsaturated/α-hetero) is 1. The van der Waals surface area contributed by atoms with E-state index in [9.17, 15) is 41.4 Å². The van der Waals surface area contributed by atoms with Crippen molar-refractivity contribution in [1.29, 1.82) is 0 Å². The predicted octanol–water partition coefficient (Wildman–Crippen LogP) is 3.55. The van der Waals surface area contributed by atoms with E-state index in [0.29, 0.717) is 0 Å². The molecular weight excluding hydrogens is 398 g/mol. The number of aliphatic hydroxyl groups excluding tert-OH is 2. The molecule has 0 aliphatic carbocycles. The van der Waals surface area contributed by atoms with Crippen molar-refractivity contribution < 1.29 is 50.8 Å². The predicted molar refractivity (Wildman–Crippen MR) is 87.7 cm³/mol. The molecule has 5 nitrogen and oxygen atoms in total. The van der Waals surface area contributed by atoms with Crippen LogP contribution in [0.2, 0.25) is 0 Å². The molecule has 0 radical (unpaired) electrons. The van der Waals surface area contributed by atoms with Crippen molar-refractivity contribution in [2.75, 3.05) is 13.2 Å². The standard InChI is InChI=1S/C17H28F6O5/c1-3-27-11(9-16(18,19)20)5-7-13(24)15(26)14(25)8-6-12(28-4-2)10-17(21,22)23/h11-14,24-25H,3-10H2,1-2H3/t11?,12?,13-,14-/m0/s1. The second-order valence-corrected chi connectivity index (χ2v) is 6.38. The summed E-state index contributed by atoms with van der Waals surface area (Å²) in [5.74, 6) is -1.05. The van der Waals surface area contributed by atoms with Gasteiger partial charge in [0.1, 0.15) is 12.2 Å². The van der Waals surface area contributed by atoms with E-state index in [4.69, 9.17) is 9.47 Å². The van der Waals surface area contributed by atoms with Crippen molar-refractivity contribution in [3.63, 3.8) is 0 Å². The first-order valence-corrected chi connectivity index (χ1v) is 9.05. The minimum absolute atomic E-state index is 0.0193. The number of halogens is 6. The van der Waals surface area contributed by atoms with Gasteiger partial charge in [0.05, 0.1) is 25.0 Å². The van der Waals surface area contributed by atoms with Crippen LogP contribution in [-0.2, 0) is 14.3 Å². The fourth-order valence-electron chi connectivity index (χ4n) is 2.67. The Bertz CT molecular complexity index is 403. The first-order valence-electron chi connectivity index (χ1n) is 9.05. The van der Waals surface area contributed by atoms with Crippen LogP contribution in [0.1, 0.15) is 52.4 Å². The van der Waals surface area contributed by atoms with E-state index in [-0.39, 0.29) is 38.9 Å². The number of aliphatic hydroxyl groups is 2. The Kier molecular flexibility index (Phi) is 12.2. The molecule has 0 spiro atoms. The van der Waals surface area contributed by atoms with Crippen LogP contribution in [-0.4, -0.2) is 66.0 Å². The molecule has 2 N–H and O–H groups in total. The Morgan fingerprint density at radius 2 is 1.07 bits per heavy atom. The van der Waals surface area contributed by atoms with Crippen molar-refractivity contribution in [3.8, 4) is 0 Å². The van der Waals surface area contributed by atoms with Crippen molar-refractivity contribution >= 4 is 5.78 Å². The first-order chi connectivity index (χ1) is 12.8. The van der Waals surface area contributed by atoms with Gasteiger partial charge in [0.2, 0.25) is 0 Å². The van der Waals surface area contributed by atoms with E-state index >= 15 is 0 Å². The molecule has 0 saturated heterocycles. The van der Waals surface area contributed by atoms with Crippen LogP contribution >= 0.6 is 0 Å². The number of carbonyl (C=O) groups is 1. The summed E-state index contributed by atoms with van der Waals surface area (Å²) in [4.78, 5) is 11.9. The van der Waals surface area contributed by atoms with E-state index in [1.165, 1.54) is 13.8 Å². The lowest BCUT2D eigenvalue weighted by atomic mass is 9.98. The molecule has 0 aromatic heterocycles. The third kappa shape index (κ3) is 13.3. The highest BCUT2D eigenvalue weighted by Gasteiger charge is 2.35. The smallest absolute Gasteiger partial charge is 0.385 e. The molecule has 4 atom stereocenters. The molecule has 11 heteroatoms. The molecule has 0 rings (SSSR count). The average Bonchev–Trinajstić information content (AvgIpc) is 2.54. The van der Waals surface area contributed by atoms with E-state index in [2.05, 4.69) is 0 Å². The van der Waals surface area contributed by atoms with Crippen molar-refractivity contribution in [2.24, 2.45) is 0 Å². The highest BCUT2D eigenvalue weighted by Crippen LogP contribution is 2.27. The largest absolute Gasteiger partial charge is 0.391 e. The fraction of sp³-hybridized carbons (Fsp3) is 0.941. The number of rotatable bonds is 14. The summed E-state index contributed by atoms with van der Waals surface area (Å²) in [6.45, 7) is 3.05. The van der Waals surface area contributed by atoms with E-state index < -0.39 is 55.4 Å². The SMILES string of the molecule is CCOC(CC[C@H](O)C(=O)[C@@H](O)CCC(CC(F)(F)F)OCC)CC(F)(F)F. The van der Waals surface area contributed by atoms with Gasteiger partial charge in [0.15, 0.2) is 5.78 Å². The molecule has 0 saturated carbocycles. The molecular formula is C17H28F6O5. The summed E-state index contributed by atoms with van der Waals surface area (Å²) in [7, 11) is 0. The maximum Gasteiger partial charge on any atom is 0.391 e. The van der Waals surface area contributed by atoms with Gasteiger partial charge in [0.25, 0.3) is 0 Å². The van der Waals surface area contributed by atoms with Crippen LogP contribution in [0.5, 0.6) is 0 Å². The Hall–Kier alpha value is -0.910. The van der Waals surface area contributed by atoms with Gasteiger partial charge in [-0.3, -0.25) is 4.79 Å². The highest BCUT2D eigenvalue weighted by molar-refractivity contribution is 5.86. The normalized spacial score (nSPS) is 17.2. The van der Waals surface area contributed by atoms with E-state index in [1.54, 1.807) is 0 Å². The number of alkyl halides is 6. The molecule has 0 bridgehead atoms. The maximum absolute atomic E-state index is 12.5. The van der Waals surface area contributed by atoms with E-state index in [0.717, 1.165) is 0 Å². The van der Waals surface area contributed by atoms with Crippen molar-refractivity contribution in [2.45, 2.75) is 89.1 Å². The zero-order valence-corrected chi connectivity index (χ0v) is 15.9. The van der Waals surface area contributed by atoms with Gasteiger partial charge in [0, 0.05) is 13.2 Å². The summed E-state index contributed by atoms with van der Waals surface area (Å²) >= 11 is 0. The number of hydrogen-bond acceptors (Lipinski definition) is 5. The lowest BCUT2D eigenvalue weighted by molar-refractivity contribution is -0.162. The topological polar surface area (TPSA) is 76.0 Å². The second-order valence-electron chi connectivity index (χ2n) is 6.38. The third-order valence-corrected chi connectivity index (χ3v) is 3.90. The number of ether oxygens (including phenoxy) is 2. The molecule has 0 aliphatic rings. The van der Waals surface area contributed by atoms with Crippen molar-refractivity contribution in [3.05, 3.63) is 0 Å². The molecule has 0 heterocycles. The van der Waals surface area contributed by atoms with Crippen LogP contribution in [0.4, 0.5) is 26.3 Å². The van der Waals surface area contributed by atoms with Crippen LogP contribution in [0.25, 0.3) is 0 Å². The molecule has 0 aromatic rings. The fourth-order valence-corrected chi connectivity index (χ4v) is 2.67. The molecule has 0 aromatic carbocycles. The van der Waals surface area contributed by atoms with Gasteiger partial charge in [-0.1, -0.05) is 0 Å². The molecule has 2 unspecified atom stereocenters. The molecule has 28 heavy (non-hydrogen) atoms. The van der Waals surface area contributed by atoms with Gasteiger partial charge < -0.3 is 19.7 Å². The Morgan fingerprint density at radius 1 is 0.750 bits per heavy atom. The summed E-state index contributed by atoms with van der Waals surface area (Å²) in [5, 5.41) is 19.6. The van der Waals surface area contributed by atoms with E-state index in [1.807, 2.05) is 0 Å². The molecule has 0 aliphatic heterocycles. The highest BCUT2D eigenvalue weighted by atomic mass is 19.4. The quantitative estimate of drug-likeness (QED) is 0.416. The Balaban J connectivity index is 4.54. The lowest BCUT2D eigenvalue weighted by Crippen LogP contribution is -2.34. The number of hydrogen-bond donors (Lipinski definition) is 2. The number of ketones is 1. The van der Waals surface area contributed by atoms with Gasteiger partial charge >= 0.3 is 12.4 Å². The van der Waals surface area contributed by atoms with Gasteiger partial charge in [-0.15, -0.1) is 0 Å².